The van der Waals surface area contributed by atoms with Gasteiger partial charge in [0.25, 0.3) is 0 Å². The zero-order valence-electron chi connectivity index (χ0n) is 17.0. The van der Waals surface area contributed by atoms with Gasteiger partial charge in [0.15, 0.2) is 5.82 Å². The van der Waals surface area contributed by atoms with Gasteiger partial charge in [-0.3, -0.25) is 4.79 Å². The molecular formula is C22H28N4OS. The van der Waals surface area contributed by atoms with Crippen molar-refractivity contribution in [3.05, 3.63) is 57.9 Å². The highest BCUT2D eigenvalue weighted by Crippen LogP contribution is 2.27. The monoisotopic (exact) mass is 396 g/mol. The molecule has 0 unspecified atom stereocenters. The lowest BCUT2D eigenvalue weighted by atomic mass is 10.1. The molecule has 148 valence electrons. The maximum atomic E-state index is 11.0. The fourth-order valence-corrected chi connectivity index (χ4v) is 3.50. The smallest absolute Gasteiger partial charge is 0.221 e. The molecule has 3 rings (SSSR count). The highest BCUT2D eigenvalue weighted by molar-refractivity contribution is 7.08. The van der Waals surface area contributed by atoms with E-state index >= 15 is 0 Å². The van der Waals surface area contributed by atoms with Crippen LogP contribution in [-0.2, 0) is 24.1 Å². The Hall–Kier alpha value is -2.73. The van der Waals surface area contributed by atoms with E-state index in [1.807, 2.05) is 49.6 Å². The third-order valence-corrected chi connectivity index (χ3v) is 4.84. The summed E-state index contributed by atoms with van der Waals surface area (Å²) in [6.45, 7) is 8.23. The number of hydrogen-bond donors (Lipinski definition) is 2. The van der Waals surface area contributed by atoms with Gasteiger partial charge in [0.2, 0.25) is 5.91 Å². The molecule has 0 radical (unpaired) electrons. The molecule has 0 aliphatic carbocycles. The summed E-state index contributed by atoms with van der Waals surface area (Å²) in [4.78, 5) is 20.6. The van der Waals surface area contributed by atoms with Gasteiger partial charge in [0.05, 0.1) is 6.42 Å². The molecule has 0 saturated carbocycles. The largest absolute Gasteiger partial charge is 0.369 e. The maximum absolute atomic E-state index is 11.0. The van der Waals surface area contributed by atoms with Crippen LogP contribution >= 0.6 is 11.3 Å². The van der Waals surface area contributed by atoms with Crippen molar-refractivity contribution in [1.29, 1.82) is 0 Å². The topological polar surface area (TPSA) is 80.9 Å². The standard InChI is InChI=1S/C20H22N4OS.C2H6/c1-3-16-17(4-2)23-19(14-9-10-26-12-14)24-20(16)22-15-7-5-13(6-8-15)11-18(21)25;1-2/h5-10,12H,3-4,11H2,1-2H3,(H2,21,25)(H,22,23,24);1-2H3. The van der Waals surface area contributed by atoms with Crippen LogP contribution in [0, 0.1) is 0 Å². The van der Waals surface area contributed by atoms with Gasteiger partial charge in [-0.05, 0) is 42.0 Å². The molecule has 0 fully saturated rings. The molecule has 3 N–H and O–H groups in total. The van der Waals surface area contributed by atoms with Crippen LogP contribution in [0.25, 0.3) is 11.4 Å². The van der Waals surface area contributed by atoms with E-state index in [2.05, 4.69) is 24.5 Å². The van der Waals surface area contributed by atoms with Crippen molar-refractivity contribution in [3.8, 4) is 11.4 Å². The SMILES string of the molecule is CC.CCc1nc(-c2ccsc2)nc(Nc2ccc(CC(N)=O)cc2)c1CC. The van der Waals surface area contributed by atoms with E-state index in [0.29, 0.717) is 0 Å². The van der Waals surface area contributed by atoms with Gasteiger partial charge in [-0.15, -0.1) is 0 Å². The van der Waals surface area contributed by atoms with E-state index in [1.165, 1.54) is 0 Å². The van der Waals surface area contributed by atoms with E-state index in [0.717, 1.165) is 52.6 Å². The molecule has 1 amide bonds. The minimum atomic E-state index is -0.331. The fourth-order valence-electron chi connectivity index (χ4n) is 2.86. The number of thiophene rings is 1. The number of nitrogens with two attached hydrogens (primary N) is 1. The molecule has 28 heavy (non-hydrogen) atoms. The predicted molar refractivity (Wildman–Crippen MR) is 118 cm³/mol. The molecule has 0 aliphatic heterocycles. The second kappa shape index (κ2) is 10.6. The van der Waals surface area contributed by atoms with Crippen LogP contribution in [0.15, 0.2) is 41.1 Å². The van der Waals surface area contributed by atoms with E-state index in [4.69, 9.17) is 15.7 Å². The molecule has 0 atom stereocenters. The molecule has 6 heteroatoms. The average molecular weight is 397 g/mol. The highest BCUT2D eigenvalue weighted by atomic mass is 32.1. The Bertz CT molecular complexity index is 890. The van der Waals surface area contributed by atoms with Crippen LogP contribution in [0.1, 0.15) is 44.5 Å². The molecule has 1 aromatic carbocycles. The maximum Gasteiger partial charge on any atom is 0.221 e. The fraction of sp³-hybridized carbons (Fsp3) is 0.318. The number of aromatic nitrogens is 2. The van der Waals surface area contributed by atoms with Crippen molar-refractivity contribution in [2.75, 3.05) is 5.32 Å². The van der Waals surface area contributed by atoms with Gasteiger partial charge in [0, 0.05) is 27.9 Å². The van der Waals surface area contributed by atoms with Crippen LogP contribution in [-0.4, -0.2) is 15.9 Å². The first kappa shape index (κ1) is 21.6. The summed E-state index contributed by atoms with van der Waals surface area (Å²) in [6.07, 6.45) is 1.96. The lowest BCUT2D eigenvalue weighted by molar-refractivity contribution is -0.117. The van der Waals surface area contributed by atoms with E-state index < -0.39 is 0 Å². The molecule has 2 heterocycles. The van der Waals surface area contributed by atoms with E-state index in [9.17, 15) is 4.79 Å². The zero-order valence-corrected chi connectivity index (χ0v) is 17.8. The number of primary amides is 1. The average Bonchev–Trinajstić information content (AvgIpc) is 3.25. The molecule has 5 nitrogen and oxygen atoms in total. The second-order valence-electron chi connectivity index (χ2n) is 6.01. The molecule has 2 aromatic heterocycles. The second-order valence-corrected chi connectivity index (χ2v) is 6.79. The van der Waals surface area contributed by atoms with E-state index in [-0.39, 0.29) is 12.3 Å². The highest BCUT2D eigenvalue weighted by Gasteiger charge is 2.14. The van der Waals surface area contributed by atoms with Gasteiger partial charge >= 0.3 is 0 Å². The third kappa shape index (κ3) is 5.39. The Labute approximate surface area is 171 Å². The Morgan fingerprint density at radius 1 is 1.07 bits per heavy atom. The minimum Gasteiger partial charge on any atom is -0.369 e. The number of amides is 1. The van der Waals surface area contributed by atoms with Crippen molar-refractivity contribution < 1.29 is 4.79 Å². The number of carbonyl (C=O) groups is 1. The van der Waals surface area contributed by atoms with Crippen LogP contribution < -0.4 is 11.1 Å². The molecule has 0 bridgehead atoms. The summed E-state index contributed by atoms with van der Waals surface area (Å²) in [5.41, 5.74) is 10.3. The number of nitrogens with one attached hydrogen (secondary N) is 1. The van der Waals surface area contributed by atoms with Crippen molar-refractivity contribution >= 4 is 28.7 Å². The number of aryl methyl sites for hydroxylation is 1. The first-order valence-corrected chi connectivity index (χ1v) is 10.6. The quantitative estimate of drug-likeness (QED) is 0.580. The normalized spacial score (nSPS) is 10.1. The van der Waals surface area contributed by atoms with E-state index in [1.54, 1.807) is 11.3 Å². The van der Waals surface area contributed by atoms with Crippen molar-refractivity contribution in [1.82, 2.24) is 9.97 Å². The minimum absolute atomic E-state index is 0.246. The number of anilines is 2. The first-order valence-electron chi connectivity index (χ1n) is 9.67. The lowest BCUT2D eigenvalue weighted by Gasteiger charge is -2.15. The first-order chi connectivity index (χ1) is 13.6. The van der Waals surface area contributed by atoms with Gasteiger partial charge < -0.3 is 11.1 Å². The van der Waals surface area contributed by atoms with Crippen molar-refractivity contribution in [2.24, 2.45) is 5.73 Å². The van der Waals surface area contributed by atoms with Gasteiger partial charge in [-0.25, -0.2) is 9.97 Å². The van der Waals surface area contributed by atoms with Crippen molar-refractivity contribution in [3.63, 3.8) is 0 Å². The van der Waals surface area contributed by atoms with Gasteiger partial charge in [-0.2, -0.15) is 11.3 Å². The van der Waals surface area contributed by atoms with Gasteiger partial charge in [0.1, 0.15) is 5.82 Å². The van der Waals surface area contributed by atoms with Crippen molar-refractivity contribution in [2.45, 2.75) is 47.0 Å². The molecule has 0 aliphatic rings. The Morgan fingerprint density at radius 2 is 1.79 bits per heavy atom. The summed E-state index contributed by atoms with van der Waals surface area (Å²) in [5.74, 6) is 1.25. The predicted octanol–water partition coefficient (Wildman–Crippen LogP) is 5.13. The summed E-state index contributed by atoms with van der Waals surface area (Å²) >= 11 is 1.64. The number of benzene rings is 1. The van der Waals surface area contributed by atoms with Crippen LogP contribution in [0.5, 0.6) is 0 Å². The summed E-state index contributed by atoms with van der Waals surface area (Å²) < 4.78 is 0. The third-order valence-electron chi connectivity index (χ3n) is 4.16. The summed E-state index contributed by atoms with van der Waals surface area (Å²) in [5, 5.41) is 7.51. The molecule has 0 spiro atoms. The van der Waals surface area contributed by atoms with Crippen LogP contribution in [0.4, 0.5) is 11.5 Å². The Balaban J connectivity index is 0.00000136. The Morgan fingerprint density at radius 3 is 2.32 bits per heavy atom. The molecule has 3 aromatic rings. The molecular weight excluding hydrogens is 368 g/mol. The number of carbonyl (C=O) groups excluding carboxylic acids is 1. The number of nitrogens with zero attached hydrogens (tertiary/aromatic N) is 2. The zero-order chi connectivity index (χ0) is 20.5. The number of hydrogen-bond acceptors (Lipinski definition) is 5. The lowest BCUT2D eigenvalue weighted by Crippen LogP contribution is -2.13. The van der Waals surface area contributed by atoms with Crippen LogP contribution in [0.3, 0.4) is 0 Å². The summed E-state index contributed by atoms with van der Waals surface area (Å²) in [7, 11) is 0. The van der Waals surface area contributed by atoms with Gasteiger partial charge in [-0.1, -0.05) is 39.8 Å². The summed E-state index contributed by atoms with van der Waals surface area (Å²) in [6, 6.07) is 9.72. The number of rotatable bonds is 7. The molecule has 0 saturated heterocycles. The van der Waals surface area contributed by atoms with Crippen LogP contribution in [0.2, 0.25) is 0 Å². The Kier molecular flexibility index (Phi) is 8.14.